The Morgan fingerprint density at radius 3 is 2.40 bits per heavy atom. The first-order chi connectivity index (χ1) is 12.0. The van der Waals surface area contributed by atoms with Gasteiger partial charge in [-0.3, -0.25) is 14.9 Å². The Balaban J connectivity index is 2.05. The summed E-state index contributed by atoms with van der Waals surface area (Å²) >= 11 is 0. The number of carbonyl (C=O) groups excluding carboxylic acids is 1. The minimum absolute atomic E-state index is 0.0761. The van der Waals surface area contributed by atoms with Crippen LogP contribution in [-0.4, -0.2) is 29.7 Å². The molecule has 0 aliphatic carbocycles. The van der Waals surface area contributed by atoms with Crippen molar-refractivity contribution < 1.29 is 19.6 Å². The van der Waals surface area contributed by atoms with E-state index in [1.807, 2.05) is 30.3 Å². The normalized spacial score (nSPS) is 13.0. The Morgan fingerprint density at radius 1 is 1.20 bits per heavy atom. The van der Waals surface area contributed by atoms with Crippen LogP contribution in [0.1, 0.15) is 17.2 Å². The second kappa shape index (κ2) is 8.91. The SMILES string of the molecule is COC(=O)C(CNCc1ccccc1)C(O)c1ccc([N+](=O)[O-])cc1. The number of non-ortho nitro benzene ring substituents is 1. The number of hydrogen-bond acceptors (Lipinski definition) is 6. The number of nitro benzene ring substituents is 1. The second-order valence-electron chi connectivity index (χ2n) is 5.54. The van der Waals surface area contributed by atoms with Gasteiger partial charge in [0.1, 0.15) is 0 Å². The number of nitro groups is 1. The molecule has 0 fully saturated rings. The predicted molar refractivity (Wildman–Crippen MR) is 91.7 cm³/mol. The van der Waals surface area contributed by atoms with E-state index in [0.29, 0.717) is 12.1 Å². The molecule has 0 bridgehead atoms. The lowest BCUT2D eigenvalue weighted by Gasteiger charge is -2.21. The van der Waals surface area contributed by atoms with Crippen molar-refractivity contribution in [3.05, 3.63) is 75.8 Å². The molecule has 2 atom stereocenters. The second-order valence-corrected chi connectivity index (χ2v) is 5.54. The molecular formula is C18H20N2O5. The largest absolute Gasteiger partial charge is 0.469 e. The van der Waals surface area contributed by atoms with E-state index in [2.05, 4.69) is 5.32 Å². The number of aliphatic hydroxyl groups is 1. The zero-order valence-electron chi connectivity index (χ0n) is 13.8. The Kier molecular flexibility index (Phi) is 6.62. The fourth-order valence-corrected chi connectivity index (χ4v) is 2.47. The number of hydrogen-bond donors (Lipinski definition) is 2. The highest BCUT2D eigenvalue weighted by Gasteiger charge is 2.29. The van der Waals surface area contributed by atoms with Crippen LogP contribution in [0.3, 0.4) is 0 Å². The van der Waals surface area contributed by atoms with Gasteiger partial charge in [0.25, 0.3) is 5.69 Å². The molecule has 7 nitrogen and oxygen atoms in total. The standard InChI is InChI=1S/C18H20N2O5/c1-25-18(22)16(12-19-11-13-5-3-2-4-6-13)17(21)14-7-9-15(10-8-14)20(23)24/h2-10,16-17,19,21H,11-12H2,1H3. The number of ether oxygens (including phenoxy) is 1. The number of esters is 1. The summed E-state index contributed by atoms with van der Waals surface area (Å²) in [6.07, 6.45) is -1.13. The lowest BCUT2D eigenvalue weighted by atomic mass is 9.95. The van der Waals surface area contributed by atoms with Crippen molar-refractivity contribution in [2.75, 3.05) is 13.7 Å². The molecule has 2 N–H and O–H groups in total. The molecule has 0 amide bonds. The van der Waals surface area contributed by atoms with Gasteiger partial charge in [-0.2, -0.15) is 0 Å². The quantitative estimate of drug-likeness (QED) is 0.432. The van der Waals surface area contributed by atoms with Crippen LogP contribution in [0.5, 0.6) is 0 Å². The van der Waals surface area contributed by atoms with Crippen LogP contribution in [0.15, 0.2) is 54.6 Å². The first kappa shape index (κ1) is 18.6. The maximum Gasteiger partial charge on any atom is 0.312 e. The number of benzene rings is 2. The van der Waals surface area contributed by atoms with Crippen LogP contribution in [0.4, 0.5) is 5.69 Å². The molecule has 0 radical (unpaired) electrons. The van der Waals surface area contributed by atoms with Crippen molar-refractivity contribution in [2.45, 2.75) is 12.6 Å². The summed E-state index contributed by atoms with van der Waals surface area (Å²) in [5.41, 5.74) is 1.39. The lowest BCUT2D eigenvalue weighted by molar-refractivity contribution is -0.384. The summed E-state index contributed by atoms with van der Waals surface area (Å²) in [6.45, 7) is 0.751. The highest BCUT2D eigenvalue weighted by Crippen LogP contribution is 2.25. The molecule has 0 aliphatic rings. The van der Waals surface area contributed by atoms with Crippen LogP contribution in [0, 0.1) is 16.0 Å². The summed E-state index contributed by atoms with van der Waals surface area (Å²) in [6, 6.07) is 15.1. The van der Waals surface area contributed by atoms with Gasteiger partial charge < -0.3 is 15.2 Å². The monoisotopic (exact) mass is 344 g/mol. The van der Waals surface area contributed by atoms with Gasteiger partial charge in [0, 0.05) is 25.2 Å². The third-order valence-electron chi connectivity index (χ3n) is 3.87. The Morgan fingerprint density at radius 2 is 1.84 bits per heavy atom. The molecule has 7 heteroatoms. The van der Waals surface area contributed by atoms with E-state index < -0.39 is 22.9 Å². The van der Waals surface area contributed by atoms with Gasteiger partial charge >= 0.3 is 5.97 Å². The summed E-state index contributed by atoms with van der Waals surface area (Å²) in [7, 11) is 1.26. The van der Waals surface area contributed by atoms with Crippen molar-refractivity contribution in [3.63, 3.8) is 0 Å². The molecule has 2 unspecified atom stereocenters. The number of methoxy groups -OCH3 is 1. The van der Waals surface area contributed by atoms with E-state index in [0.717, 1.165) is 5.56 Å². The summed E-state index contributed by atoms with van der Waals surface area (Å²) in [5.74, 6) is -1.37. The average Bonchev–Trinajstić information content (AvgIpc) is 2.65. The average molecular weight is 344 g/mol. The molecule has 2 aromatic carbocycles. The van der Waals surface area contributed by atoms with E-state index >= 15 is 0 Å². The van der Waals surface area contributed by atoms with Crippen molar-refractivity contribution in [1.82, 2.24) is 5.32 Å². The maximum atomic E-state index is 12.0. The Bertz CT molecular complexity index is 703. The highest BCUT2D eigenvalue weighted by atomic mass is 16.6. The molecule has 0 spiro atoms. The molecule has 2 aromatic rings. The van der Waals surface area contributed by atoms with Crippen molar-refractivity contribution in [1.29, 1.82) is 0 Å². The molecule has 0 saturated heterocycles. The molecular weight excluding hydrogens is 324 g/mol. The smallest absolute Gasteiger partial charge is 0.312 e. The van der Waals surface area contributed by atoms with Crippen LogP contribution in [0.25, 0.3) is 0 Å². The van der Waals surface area contributed by atoms with Gasteiger partial charge in [0.15, 0.2) is 0 Å². The van der Waals surface area contributed by atoms with Crippen molar-refractivity contribution in [3.8, 4) is 0 Å². The Labute approximate surface area is 145 Å². The fourth-order valence-electron chi connectivity index (χ4n) is 2.47. The molecule has 0 aliphatic heterocycles. The van der Waals surface area contributed by atoms with Gasteiger partial charge in [-0.25, -0.2) is 0 Å². The van der Waals surface area contributed by atoms with Crippen LogP contribution < -0.4 is 5.32 Å². The fraction of sp³-hybridized carbons (Fsp3) is 0.278. The number of nitrogens with zero attached hydrogens (tertiary/aromatic N) is 1. The van der Waals surface area contributed by atoms with Crippen LogP contribution >= 0.6 is 0 Å². The zero-order valence-corrected chi connectivity index (χ0v) is 13.8. The summed E-state index contributed by atoms with van der Waals surface area (Å²) in [4.78, 5) is 22.2. The van der Waals surface area contributed by atoms with E-state index in [1.165, 1.54) is 31.4 Å². The van der Waals surface area contributed by atoms with E-state index in [1.54, 1.807) is 0 Å². The van der Waals surface area contributed by atoms with E-state index in [4.69, 9.17) is 4.74 Å². The topological polar surface area (TPSA) is 102 Å². The highest BCUT2D eigenvalue weighted by molar-refractivity contribution is 5.73. The molecule has 0 heterocycles. The number of carbonyl (C=O) groups is 1. The van der Waals surface area contributed by atoms with Crippen molar-refractivity contribution >= 4 is 11.7 Å². The van der Waals surface area contributed by atoms with Gasteiger partial charge in [-0.1, -0.05) is 30.3 Å². The van der Waals surface area contributed by atoms with Gasteiger partial charge in [0.05, 0.1) is 24.1 Å². The maximum absolute atomic E-state index is 12.0. The first-order valence-corrected chi connectivity index (χ1v) is 7.78. The Hall–Kier alpha value is -2.77. The third kappa shape index (κ3) is 5.10. The number of aliphatic hydroxyl groups excluding tert-OH is 1. The summed E-state index contributed by atoms with van der Waals surface area (Å²) < 4.78 is 4.77. The lowest BCUT2D eigenvalue weighted by Crippen LogP contribution is -2.33. The third-order valence-corrected chi connectivity index (χ3v) is 3.87. The number of nitrogens with one attached hydrogen (secondary N) is 1. The molecule has 2 rings (SSSR count). The van der Waals surface area contributed by atoms with E-state index in [9.17, 15) is 20.0 Å². The molecule has 25 heavy (non-hydrogen) atoms. The van der Waals surface area contributed by atoms with Gasteiger partial charge in [-0.15, -0.1) is 0 Å². The molecule has 0 aromatic heterocycles. The van der Waals surface area contributed by atoms with E-state index in [-0.39, 0.29) is 12.2 Å². The molecule has 132 valence electrons. The first-order valence-electron chi connectivity index (χ1n) is 7.78. The predicted octanol–water partition coefficient (Wildman–Crippen LogP) is 2.21. The van der Waals surface area contributed by atoms with Gasteiger partial charge in [0.2, 0.25) is 0 Å². The summed E-state index contributed by atoms with van der Waals surface area (Å²) in [5, 5.41) is 24.3. The van der Waals surface area contributed by atoms with Crippen LogP contribution in [0.2, 0.25) is 0 Å². The van der Waals surface area contributed by atoms with Crippen LogP contribution in [-0.2, 0) is 16.1 Å². The zero-order chi connectivity index (χ0) is 18.2. The van der Waals surface area contributed by atoms with Crippen molar-refractivity contribution in [2.24, 2.45) is 5.92 Å². The minimum atomic E-state index is -1.13. The molecule has 0 saturated carbocycles. The minimum Gasteiger partial charge on any atom is -0.469 e. The van der Waals surface area contributed by atoms with Gasteiger partial charge in [-0.05, 0) is 23.3 Å². The number of rotatable bonds is 8.